The molecule has 1 rings (SSSR count). The summed E-state index contributed by atoms with van der Waals surface area (Å²) in [6.45, 7) is 1.41. The molecule has 0 aromatic heterocycles. The third-order valence-electron chi connectivity index (χ3n) is 2.96. The minimum absolute atomic E-state index is 0.223. The molecule has 1 saturated carbocycles. The van der Waals surface area contributed by atoms with Gasteiger partial charge >= 0.3 is 0 Å². The highest BCUT2D eigenvalue weighted by Gasteiger charge is 2.36. The van der Waals surface area contributed by atoms with Gasteiger partial charge in [-0.15, -0.1) is 0 Å². The van der Waals surface area contributed by atoms with E-state index in [9.17, 15) is 5.11 Å². The summed E-state index contributed by atoms with van der Waals surface area (Å²) < 4.78 is 0. The van der Waals surface area contributed by atoms with Crippen LogP contribution in [0, 0.1) is 5.41 Å². The summed E-state index contributed by atoms with van der Waals surface area (Å²) >= 11 is 0. The average Bonchev–Trinajstić information content (AvgIpc) is 1.97. The molecule has 0 bridgehead atoms. The Morgan fingerprint density at radius 2 is 2.25 bits per heavy atom. The Balaban J connectivity index is 2.27. The standard InChI is InChI=1S/C9H20N2O/c1-11-6-8(12)5-9(7-10)3-2-4-9/h8,11-12H,2-7,10H2,1H3. The summed E-state index contributed by atoms with van der Waals surface area (Å²) in [6, 6.07) is 0. The molecule has 1 unspecified atom stereocenters. The Hall–Kier alpha value is -0.120. The van der Waals surface area contributed by atoms with Gasteiger partial charge in [0.1, 0.15) is 0 Å². The van der Waals surface area contributed by atoms with Gasteiger partial charge in [-0.2, -0.15) is 0 Å². The lowest BCUT2D eigenvalue weighted by Crippen LogP contribution is -2.42. The molecule has 12 heavy (non-hydrogen) atoms. The lowest BCUT2D eigenvalue weighted by Gasteiger charge is -2.42. The van der Waals surface area contributed by atoms with Crippen LogP contribution in [0.1, 0.15) is 25.7 Å². The van der Waals surface area contributed by atoms with Crippen LogP contribution in [0.5, 0.6) is 0 Å². The summed E-state index contributed by atoms with van der Waals surface area (Å²) in [6.07, 6.45) is 4.32. The molecule has 4 N–H and O–H groups in total. The molecule has 3 heteroatoms. The molecule has 0 heterocycles. The van der Waals surface area contributed by atoms with Crippen molar-refractivity contribution in [3.63, 3.8) is 0 Å². The van der Waals surface area contributed by atoms with E-state index in [4.69, 9.17) is 5.73 Å². The average molecular weight is 172 g/mol. The van der Waals surface area contributed by atoms with Crippen molar-refractivity contribution >= 4 is 0 Å². The zero-order valence-corrected chi connectivity index (χ0v) is 7.84. The number of likely N-dealkylation sites (N-methyl/N-ethyl adjacent to an activating group) is 1. The van der Waals surface area contributed by atoms with E-state index in [-0.39, 0.29) is 11.5 Å². The summed E-state index contributed by atoms with van der Waals surface area (Å²) in [4.78, 5) is 0. The third kappa shape index (κ3) is 2.19. The zero-order valence-electron chi connectivity index (χ0n) is 7.84. The second-order valence-electron chi connectivity index (χ2n) is 3.97. The Bertz CT molecular complexity index is 129. The molecule has 0 amide bonds. The van der Waals surface area contributed by atoms with Crippen LogP contribution in [0.25, 0.3) is 0 Å². The Kier molecular flexibility index (Phi) is 3.50. The van der Waals surface area contributed by atoms with Gasteiger partial charge in [-0.25, -0.2) is 0 Å². The largest absolute Gasteiger partial charge is 0.392 e. The quantitative estimate of drug-likeness (QED) is 0.550. The first kappa shape index (κ1) is 9.96. The molecule has 0 aliphatic heterocycles. The van der Waals surface area contributed by atoms with Crippen molar-refractivity contribution in [1.82, 2.24) is 5.32 Å². The predicted molar refractivity (Wildman–Crippen MR) is 49.9 cm³/mol. The minimum Gasteiger partial charge on any atom is -0.392 e. The van der Waals surface area contributed by atoms with Crippen LogP contribution in [-0.2, 0) is 0 Å². The number of rotatable bonds is 5. The molecule has 1 aliphatic carbocycles. The first-order valence-corrected chi connectivity index (χ1v) is 4.75. The monoisotopic (exact) mass is 172 g/mol. The van der Waals surface area contributed by atoms with Gasteiger partial charge in [-0.3, -0.25) is 0 Å². The molecule has 3 nitrogen and oxygen atoms in total. The van der Waals surface area contributed by atoms with Gasteiger partial charge in [-0.05, 0) is 38.3 Å². The molecular formula is C9H20N2O. The molecule has 0 saturated heterocycles. The van der Waals surface area contributed by atoms with E-state index < -0.39 is 0 Å². The Morgan fingerprint density at radius 3 is 2.58 bits per heavy atom. The van der Waals surface area contributed by atoms with E-state index in [1.165, 1.54) is 19.3 Å². The third-order valence-corrected chi connectivity index (χ3v) is 2.96. The van der Waals surface area contributed by atoms with E-state index >= 15 is 0 Å². The first-order chi connectivity index (χ1) is 5.72. The van der Waals surface area contributed by atoms with Crippen molar-refractivity contribution in [2.45, 2.75) is 31.8 Å². The number of hydrogen-bond donors (Lipinski definition) is 3. The highest BCUT2D eigenvalue weighted by Crippen LogP contribution is 2.43. The van der Waals surface area contributed by atoms with Crippen LogP contribution >= 0.6 is 0 Å². The Morgan fingerprint density at radius 1 is 1.58 bits per heavy atom. The number of nitrogens with two attached hydrogens (primary N) is 1. The molecule has 0 aromatic carbocycles. The minimum atomic E-state index is -0.223. The van der Waals surface area contributed by atoms with Crippen molar-refractivity contribution in [2.75, 3.05) is 20.1 Å². The summed E-state index contributed by atoms with van der Waals surface area (Å²) in [7, 11) is 1.86. The van der Waals surface area contributed by atoms with E-state index in [1.807, 2.05) is 7.05 Å². The molecule has 0 spiro atoms. The lowest BCUT2D eigenvalue weighted by molar-refractivity contribution is 0.0482. The van der Waals surface area contributed by atoms with E-state index in [2.05, 4.69) is 5.32 Å². The predicted octanol–water partition coefficient (Wildman–Crippen LogP) is 0.0858. The fourth-order valence-electron chi connectivity index (χ4n) is 1.98. The maximum absolute atomic E-state index is 9.56. The second-order valence-corrected chi connectivity index (χ2v) is 3.97. The topological polar surface area (TPSA) is 58.3 Å². The van der Waals surface area contributed by atoms with Gasteiger partial charge in [0.2, 0.25) is 0 Å². The van der Waals surface area contributed by atoms with Crippen molar-refractivity contribution in [3.8, 4) is 0 Å². The number of nitrogens with one attached hydrogen (secondary N) is 1. The maximum Gasteiger partial charge on any atom is 0.0670 e. The van der Waals surface area contributed by atoms with Gasteiger partial charge in [-0.1, -0.05) is 6.42 Å². The lowest BCUT2D eigenvalue weighted by atomic mass is 9.65. The zero-order chi connectivity index (χ0) is 9.03. The maximum atomic E-state index is 9.56. The molecule has 1 atom stereocenters. The summed E-state index contributed by atoms with van der Waals surface area (Å²) in [5, 5.41) is 12.5. The number of hydrogen-bond acceptors (Lipinski definition) is 3. The van der Waals surface area contributed by atoms with Crippen LogP contribution in [0.2, 0.25) is 0 Å². The van der Waals surface area contributed by atoms with Crippen molar-refractivity contribution in [1.29, 1.82) is 0 Å². The van der Waals surface area contributed by atoms with Crippen molar-refractivity contribution in [3.05, 3.63) is 0 Å². The van der Waals surface area contributed by atoms with Gasteiger partial charge in [0.05, 0.1) is 6.10 Å². The van der Waals surface area contributed by atoms with E-state index in [1.54, 1.807) is 0 Å². The van der Waals surface area contributed by atoms with Crippen LogP contribution in [0.15, 0.2) is 0 Å². The van der Waals surface area contributed by atoms with Crippen LogP contribution in [0.3, 0.4) is 0 Å². The van der Waals surface area contributed by atoms with Crippen LogP contribution < -0.4 is 11.1 Å². The van der Waals surface area contributed by atoms with Gasteiger partial charge in [0, 0.05) is 6.54 Å². The highest BCUT2D eigenvalue weighted by molar-refractivity contribution is 4.90. The Labute approximate surface area is 74.3 Å². The highest BCUT2D eigenvalue weighted by atomic mass is 16.3. The fourth-order valence-corrected chi connectivity index (χ4v) is 1.98. The normalized spacial score (nSPS) is 23.2. The number of aliphatic hydroxyl groups is 1. The van der Waals surface area contributed by atoms with Gasteiger partial charge in [0.25, 0.3) is 0 Å². The van der Waals surface area contributed by atoms with E-state index in [0.29, 0.717) is 6.54 Å². The molecule has 1 aliphatic rings. The summed E-state index contributed by atoms with van der Waals surface area (Å²) in [5.41, 5.74) is 5.96. The van der Waals surface area contributed by atoms with Crippen molar-refractivity contribution in [2.24, 2.45) is 11.1 Å². The first-order valence-electron chi connectivity index (χ1n) is 4.75. The molecule has 72 valence electrons. The SMILES string of the molecule is CNCC(O)CC1(CN)CCC1. The van der Waals surface area contributed by atoms with Crippen LogP contribution in [0.4, 0.5) is 0 Å². The molecule has 0 aromatic rings. The summed E-state index contributed by atoms with van der Waals surface area (Å²) in [5.74, 6) is 0. The van der Waals surface area contributed by atoms with Crippen LogP contribution in [-0.4, -0.2) is 31.3 Å². The van der Waals surface area contributed by atoms with Crippen molar-refractivity contribution < 1.29 is 5.11 Å². The second kappa shape index (κ2) is 4.21. The van der Waals surface area contributed by atoms with Gasteiger partial charge < -0.3 is 16.2 Å². The van der Waals surface area contributed by atoms with E-state index in [0.717, 1.165) is 13.0 Å². The molecular weight excluding hydrogens is 152 g/mol. The number of aliphatic hydroxyl groups excluding tert-OH is 1. The fraction of sp³-hybridized carbons (Fsp3) is 1.00. The van der Waals surface area contributed by atoms with Gasteiger partial charge in [0.15, 0.2) is 0 Å². The molecule has 1 fully saturated rings. The molecule has 0 radical (unpaired) electrons. The smallest absolute Gasteiger partial charge is 0.0670 e.